The Balaban J connectivity index is 1.68. The van der Waals surface area contributed by atoms with E-state index in [1.165, 1.54) is 44.9 Å². The van der Waals surface area contributed by atoms with E-state index in [2.05, 4.69) is 53.7 Å². The molecular weight excluding hydrogens is 288 g/mol. The largest absolute Gasteiger partial charge is 0.0842 e. The normalized spacial score (nSPS) is 48.1. The van der Waals surface area contributed by atoms with E-state index in [1.807, 2.05) is 11.1 Å². The molecule has 2 saturated carbocycles. The van der Waals surface area contributed by atoms with Gasteiger partial charge in [0.2, 0.25) is 0 Å². The lowest BCUT2D eigenvalue weighted by Gasteiger charge is -2.57. The Hall–Kier alpha value is -0.520. The second kappa shape index (κ2) is 5.24. The number of hydrogen-bond donors (Lipinski definition) is 0. The van der Waals surface area contributed by atoms with Crippen molar-refractivity contribution in [3.05, 3.63) is 23.3 Å². The molecule has 0 saturated heterocycles. The van der Waals surface area contributed by atoms with Crippen LogP contribution in [-0.2, 0) is 0 Å². The van der Waals surface area contributed by atoms with E-state index >= 15 is 0 Å². The maximum atomic E-state index is 2.69. The molecule has 2 fully saturated rings. The van der Waals surface area contributed by atoms with Crippen LogP contribution in [0.1, 0.15) is 86.5 Å². The molecule has 0 heteroatoms. The molecule has 0 spiro atoms. The Morgan fingerprint density at radius 2 is 1.67 bits per heavy atom. The van der Waals surface area contributed by atoms with Gasteiger partial charge in [0.1, 0.15) is 0 Å². The third-order valence-corrected chi connectivity index (χ3v) is 8.80. The maximum absolute atomic E-state index is 2.69. The van der Waals surface area contributed by atoms with Gasteiger partial charge in [0.15, 0.2) is 0 Å². The van der Waals surface area contributed by atoms with Crippen LogP contribution in [0, 0.1) is 39.9 Å². The van der Waals surface area contributed by atoms with Gasteiger partial charge >= 0.3 is 0 Å². The van der Waals surface area contributed by atoms with E-state index in [0.29, 0.717) is 16.2 Å². The molecule has 0 bridgehead atoms. The standard InChI is InChI=1S/C24H38/c1-16-11-13-23(5)17(15-16)7-8-18-19-9-10-21(22(2,3)4)24(19,6)14-12-20(18)23/h7,9,16,18,20-21H,8,10-15H2,1-6H3. The summed E-state index contributed by atoms with van der Waals surface area (Å²) in [6, 6.07) is 0. The van der Waals surface area contributed by atoms with Crippen molar-refractivity contribution in [2.75, 3.05) is 0 Å². The summed E-state index contributed by atoms with van der Waals surface area (Å²) in [5.74, 6) is 3.51. The molecule has 0 aromatic heterocycles. The predicted octanol–water partition coefficient (Wildman–Crippen LogP) is 7.17. The lowest BCUT2D eigenvalue weighted by atomic mass is 9.47. The van der Waals surface area contributed by atoms with Crippen LogP contribution in [0.4, 0.5) is 0 Å². The Morgan fingerprint density at radius 1 is 0.958 bits per heavy atom. The highest BCUT2D eigenvalue weighted by atomic mass is 14.6. The third kappa shape index (κ3) is 2.24. The fourth-order valence-corrected chi connectivity index (χ4v) is 7.50. The zero-order chi connectivity index (χ0) is 17.3. The first kappa shape index (κ1) is 16.9. The topological polar surface area (TPSA) is 0 Å². The first-order valence-electron chi connectivity index (χ1n) is 10.6. The second-order valence-corrected chi connectivity index (χ2v) is 11.2. The monoisotopic (exact) mass is 326 g/mol. The zero-order valence-electron chi connectivity index (χ0n) is 16.9. The van der Waals surface area contributed by atoms with Crippen LogP contribution in [0.2, 0.25) is 0 Å². The Morgan fingerprint density at radius 3 is 2.38 bits per heavy atom. The number of rotatable bonds is 0. The van der Waals surface area contributed by atoms with Gasteiger partial charge in [0, 0.05) is 0 Å². The Bertz CT molecular complexity index is 586. The van der Waals surface area contributed by atoms with Gasteiger partial charge < -0.3 is 0 Å². The molecule has 0 N–H and O–H groups in total. The van der Waals surface area contributed by atoms with E-state index in [4.69, 9.17) is 0 Å². The van der Waals surface area contributed by atoms with Crippen LogP contribution >= 0.6 is 0 Å². The molecule has 24 heavy (non-hydrogen) atoms. The fourth-order valence-electron chi connectivity index (χ4n) is 7.50. The molecule has 0 nitrogen and oxygen atoms in total. The molecular formula is C24H38. The van der Waals surface area contributed by atoms with Crippen molar-refractivity contribution in [1.82, 2.24) is 0 Å². The first-order chi connectivity index (χ1) is 11.2. The van der Waals surface area contributed by atoms with Crippen LogP contribution in [-0.4, -0.2) is 0 Å². The molecule has 0 aromatic carbocycles. The highest BCUT2D eigenvalue weighted by Crippen LogP contribution is 2.66. The molecule has 0 radical (unpaired) electrons. The summed E-state index contributed by atoms with van der Waals surface area (Å²) in [5, 5.41) is 0. The summed E-state index contributed by atoms with van der Waals surface area (Å²) in [4.78, 5) is 0. The van der Waals surface area contributed by atoms with Gasteiger partial charge in [-0.05, 0) is 84.9 Å². The minimum Gasteiger partial charge on any atom is -0.0842 e. The second-order valence-electron chi connectivity index (χ2n) is 11.2. The van der Waals surface area contributed by atoms with Crippen LogP contribution in [0.25, 0.3) is 0 Å². The summed E-state index contributed by atoms with van der Waals surface area (Å²) in [6.07, 6.45) is 15.2. The maximum Gasteiger partial charge on any atom is -0.00771 e. The molecule has 6 unspecified atom stereocenters. The van der Waals surface area contributed by atoms with Gasteiger partial charge in [-0.2, -0.15) is 0 Å². The van der Waals surface area contributed by atoms with Crippen LogP contribution in [0.5, 0.6) is 0 Å². The average molecular weight is 327 g/mol. The molecule has 0 aromatic rings. The molecule has 0 aliphatic heterocycles. The third-order valence-electron chi connectivity index (χ3n) is 8.80. The summed E-state index contributed by atoms with van der Waals surface area (Å²) in [5.41, 5.74) is 5.12. The van der Waals surface area contributed by atoms with Gasteiger partial charge in [-0.15, -0.1) is 0 Å². The number of hydrogen-bond acceptors (Lipinski definition) is 0. The van der Waals surface area contributed by atoms with Crippen molar-refractivity contribution in [2.24, 2.45) is 39.9 Å². The SMILES string of the molecule is CC1CCC2(C)C(=CCC3C4=CCC(C(C)(C)C)C4(C)CCC32)C1. The van der Waals surface area contributed by atoms with Crippen molar-refractivity contribution in [2.45, 2.75) is 86.5 Å². The van der Waals surface area contributed by atoms with E-state index in [0.717, 1.165) is 23.7 Å². The van der Waals surface area contributed by atoms with E-state index in [1.54, 1.807) is 0 Å². The van der Waals surface area contributed by atoms with Gasteiger partial charge in [-0.3, -0.25) is 0 Å². The molecule has 4 aliphatic carbocycles. The lowest BCUT2D eigenvalue weighted by Crippen LogP contribution is -2.48. The molecule has 0 heterocycles. The lowest BCUT2D eigenvalue weighted by molar-refractivity contribution is 0.0184. The average Bonchev–Trinajstić information content (AvgIpc) is 2.85. The summed E-state index contributed by atoms with van der Waals surface area (Å²) in [6.45, 7) is 15.1. The number of fused-ring (bicyclic) bond motifs is 5. The van der Waals surface area contributed by atoms with Gasteiger partial charge in [0.05, 0.1) is 0 Å². The fraction of sp³-hybridized carbons (Fsp3) is 0.833. The van der Waals surface area contributed by atoms with E-state index < -0.39 is 0 Å². The van der Waals surface area contributed by atoms with Crippen molar-refractivity contribution >= 4 is 0 Å². The molecule has 6 atom stereocenters. The van der Waals surface area contributed by atoms with Crippen molar-refractivity contribution in [3.8, 4) is 0 Å². The van der Waals surface area contributed by atoms with Crippen LogP contribution < -0.4 is 0 Å². The Kier molecular flexibility index (Phi) is 3.70. The minimum absolute atomic E-state index is 0.430. The highest BCUT2D eigenvalue weighted by molar-refractivity contribution is 5.35. The van der Waals surface area contributed by atoms with Crippen LogP contribution in [0.15, 0.2) is 23.3 Å². The molecule has 4 rings (SSSR count). The van der Waals surface area contributed by atoms with Crippen molar-refractivity contribution in [1.29, 1.82) is 0 Å². The highest BCUT2D eigenvalue weighted by Gasteiger charge is 2.56. The summed E-state index contributed by atoms with van der Waals surface area (Å²) < 4.78 is 0. The summed E-state index contributed by atoms with van der Waals surface area (Å²) >= 11 is 0. The van der Waals surface area contributed by atoms with E-state index in [9.17, 15) is 0 Å². The molecule has 0 amide bonds. The Labute approximate surface area is 150 Å². The van der Waals surface area contributed by atoms with Crippen LogP contribution in [0.3, 0.4) is 0 Å². The number of allylic oxidation sites excluding steroid dienone is 4. The van der Waals surface area contributed by atoms with E-state index in [-0.39, 0.29) is 0 Å². The van der Waals surface area contributed by atoms with Gasteiger partial charge in [0.25, 0.3) is 0 Å². The first-order valence-corrected chi connectivity index (χ1v) is 10.6. The van der Waals surface area contributed by atoms with Crippen molar-refractivity contribution in [3.63, 3.8) is 0 Å². The smallest absolute Gasteiger partial charge is 0.00771 e. The minimum atomic E-state index is 0.430. The quantitative estimate of drug-likeness (QED) is 0.414. The molecule has 134 valence electrons. The van der Waals surface area contributed by atoms with Crippen molar-refractivity contribution < 1.29 is 0 Å². The van der Waals surface area contributed by atoms with Gasteiger partial charge in [-0.1, -0.05) is 64.8 Å². The van der Waals surface area contributed by atoms with Gasteiger partial charge in [-0.25, -0.2) is 0 Å². The summed E-state index contributed by atoms with van der Waals surface area (Å²) in [7, 11) is 0. The predicted molar refractivity (Wildman–Crippen MR) is 104 cm³/mol. The molecule has 4 aliphatic rings. The zero-order valence-corrected chi connectivity index (χ0v) is 16.9.